The van der Waals surface area contributed by atoms with E-state index in [0.29, 0.717) is 0 Å². The fourth-order valence-corrected chi connectivity index (χ4v) is 2.33. The molecule has 0 aliphatic heterocycles. The van der Waals surface area contributed by atoms with Crippen molar-refractivity contribution in [2.75, 3.05) is 5.73 Å². The zero-order valence-electron chi connectivity index (χ0n) is 6.82. The first-order valence-corrected chi connectivity index (χ1v) is 6.80. The van der Waals surface area contributed by atoms with E-state index in [9.17, 15) is 13.9 Å². The van der Waals surface area contributed by atoms with Gasteiger partial charge in [-0.3, -0.25) is 0 Å². The van der Waals surface area contributed by atoms with Crippen molar-refractivity contribution < 1.29 is 16.9 Å². The molecule has 1 rings (SSSR count). The molecule has 1 aromatic rings. The van der Waals surface area contributed by atoms with E-state index in [4.69, 9.17) is 13.9 Å². The van der Waals surface area contributed by atoms with Gasteiger partial charge in [-0.1, -0.05) is 0 Å². The molecule has 0 heterocycles. The van der Waals surface area contributed by atoms with E-state index in [1.165, 1.54) is 0 Å². The fraction of sp³-hybridized carbons (Fsp3) is 0. The van der Waals surface area contributed by atoms with Crippen molar-refractivity contribution in [2.24, 2.45) is 0 Å². The second-order valence-corrected chi connectivity index (χ2v) is 5.84. The average Bonchev–Trinajstić information content (AvgIpc) is 2.01. The van der Waals surface area contributed by atoms with Gasteiger partial charge in [0.05, 0.1) is 0 Å². The summed E-state index contributed by atoms with van der Waals surface area (Å²) in [7, 11) is 0. The van der Waals surface area contributed by atoms with Gasteiger partial charge in [-0.2, -0.15) is 0 Å². The Kier molecular flexibility index (Phi) is 2.66. The van der Waals surface area contributed by atoms with E-state index >= 15 is 0 Å². The first-order chi connectivity index (χ1) is 6.32. The minimum absolute atomic E-state index is 0.258. The van der Waals surface area contributed by atoms with Gasteiger partial charge in [0.25, 0.3) is 0 Å². The van der Waals surface area contributed by atoms with Crippen molar-refractivity contribution in [3.63, 3.8) is 0 Å². The van der Waals surface area contributed by atoms with Gasteiger partial charge in [-0.05, 0) is 0 Å². The quantitative estimate of drug-likeness (QED) is 0.264. The molecule has 0 atom stereocenters. The molecule has 0 saturated carbocycles. The van der Waals surface area contributed by atoms with Crippen LogP contribution in [0.1, 0.15) is 0 Å². The topological polar surface area (TPSA) is 127 Å². The van der Waals surface area contributed by atoms with Crippen LogP contribution in [-0.4, -0.2) is 27.3 Å². The van der Waals surface area contributed by atoms with Crippen molar-refractivity contribution in [2.45, 2.75) is 0 Å². The van der Waals surface area contributed by atoms with Gasteiger partial charge in [-0.15, -0.1) is 0 Å². The van der Waals surface area contributed by atoms with Gasteiger partial charge in [0.1, 0.15) is 0 Å². The van der Waals surface area contributed by atoms with Crippen LogP contribution in [-0.2, 0) is 3.74 Å². The summed E-state index contributed by atoms with van der Waals surface area (Å²) in [5.41, 5.74) is 4.71. The van der Waals surface area contributed by atoms with Crippen LogP contribution in [0.5, 0.6) is 0 Å². The van der Waals surface area contributed by atoms with Crippen LogP contribution in [0.2, 0.25) is 0 Å². The second kappa shape index (κ2) is 3.45. The second-order valence-electron chi connectivity index (χ2n) is 2.54. The van der Waals surface area contributed by atoms with Crippen LogP contribution in [0.4, 0.5) is 11.4 Å². The molecule has 76 valence electrons. The summed E-state index contributed by atoms with van der Waals surface area (Å²) in [6.45, 7) is 0. The van der Waals surface area contributed by atoms with Crippen LogP contribution in [0.25, 0.3) is 0 Å². The normalized spacial score (nSPS) is 11.3. The molecule has 0 amide bonds. The molecular weight excluding hydrogens is 255 g/mol. The summed E-state index contributed by atoms with van der Waals surface area (Å²) in [5, 5.41) is 10.3. The van der Waals surface area contributed by atoms with Crippen molar-refractivity contribution in [1.29, 1.82) is 0 Å². The van der Waals surface area contributed by atoms with E-state index in [-0.39, 0.29) is 15.7 Å². The van der Waals surface area contributed by atoms with Gasteiger partial charge >= 0.3 is 80.8 Å². The molecule has 0 saturated heterocycles. The molecule has 0 aliphatic rings. The van der Waals surface area contributed by atoms with E-state index < -0.39 is 19.1 Å². The monoisotopic (exact) mass is 262 g/mol. The fourth-order valence-electron chi connectivity index (χ4n) is 0.921. The van der Waals surface area contributed by atoms with Gasteiger partial charge in [0, 0.05) is 0 Å². The molecule has 0 unspecified atom stereocenters. The summed E-state index contributed by atoms with van der Waals surface area (Å²) in [6, 6.07) is 2.91. The van der Waals surface area contributed by atoms with Crippen LogP contribution >= 0.6 is 0 Å². The third-order valence-corrected chi connectivity index (χ3v) is 3.71. The number of nitro benzene ring substituents is 1. The van der Waals surface area contributed by atoms with Gasteiger partial charge in [-0.25, -0.2) is 0 Å². The molecule has 0 fully saturated rings. The predicted molar refractivity (Wildman–Crippen MR) is 48.0 cm³/mol. The van der Waals surface area contributed by atoms with Crippen molar-refractivity contribution >= 4 is 29.9 Å². The van der Waals surface area contributed by atoms with Gasteiger partial charge in [0.15, 0.2) is 0 Å². The molecule has 0 spiro atoms. The SMILES string of the molecule is Nc1cc([N+](=O)[O-])ccc1[As](=O)(O)O. The Bertz CT molecular complexity index is 426. The Labute approximate surface area is 81.3 Å². The Morgan fingerprint density at radius 1 is 1.43 bits per heavy atom. The van der Waals surface area contributed by atoms with Gasteiger partial charge in [0.2, 0.25) is 0 Å². The number of benzene rings is 1. The molecule has 4 N–H and O–H groups in total. The maximum atomic E-state index is 10.8. The number of hydrogen-bond donors (Lipinski definition) is 3. The molecule has 14 heavy (non-hydrogen) atoms. The molecule has 1 aromatic carbocycles. The number of anilines is 1. The summed E-state index contributed by atoms with van der Waals surface area (Å²) in [6.07, 6.45) is 0. The van der Waals surface area contributed by atoms with Crippen LogP contribution in [0, 0.1) is 10.1 Å². The van der Waals surface area contributed by atoms with Crippen LogP contribution in [0.15, 0.2) is 18.2 Å². The Morgan fingerprint density at radius 2 is 2.00 bits per heavy atom. The molecule has 0 aliphatic carbocycles. The number of rotatable bonds is 2. The summed E-state index contributed by atoms with van der Waals surface area (Å²) in [5.74, 6) is 0. The number of nitrogens with two attached hydrogens (primary N) is 1. The molecule has 8 heteroatoms. The predicted octanol–water partition coefficient (Wildman–Crippen LogP) is -1.26. The Morgan fingerprint density at radius 3 is 2.36 bits per heavy atom. The minimum atomic E-state index is -5.07. The summed E-state index contributed by atoms with van der Waals surface area (Å²) < 4.78 is 28.1. The molecule has 0 radical (unpaired) electrons. The number of nitrogen functional groups attached to an aromatic ring is 1. The van der Waals surface area contributed by atoms with Crippen LogP contribution in [0.3, 0.4) is 0 Å². The van der Waals surface area contributed by atoms with Crippen molar-refractivity contribution in [1.82, 2.24) is 0 Å². The standard InChI is InChI=1S/C6H7AsN2O5/c8-6-3-4(9(13)14)1-2-5(6)7(10,11)12/h1-3H,8H2,(H2,10,11,12). The zero-order chi connectivity index (χ0) is 10.9. The number of nitro groups is 1. The number of non-ortho nitro benzene ring substituents is 1. The van der Waals surface area contributed by atoms with Crippen LogP contribution < -0.4 is 10.1 Å². The van der Waals surface area contributed by atoms with E-state index in [0.717, 1.165) is 18.2 Å². The van der Waals surface area contributed by atoms with E-state index in [1.54, 1.807) is 0 Å². The Balaban J connectivity index is 3.28. The van der Waals surface area contributed by atoms with E-state index in [2.05, 4.69) is 0 Å². The molecule has 7 nitrogen and oxygen atoms in total. The third-order valence-electron chi connectivity index (χ3n) is 1.54. The molecular formula is C6H7AsN2O5. The zero-order valence-corrected chi connectivity index (χ0v) is 8.70. The first kappa shape index (κ1) is 10.8. The van der Waals surface area contributed by atoms with Gasteiger partial charge < -0.3 is 0 Å². The first-order valence-electron chi connectivity index (χ1n) is 3.42. The van der Waals surface area contributed by atoms with Crippen molar-refractivity contribution in [3.05, 3.63) is 28.3 Å². The molecule has 0 bridgehead atoms. The third kappa shape index (κ3) is 2.14. The number of nitrogens with zero attached hydrogens (tertiary/aromatic N) is 1. The summed E-state index contributed by atoms with van der Waals surface area (Å²) in [4.78, 5) is 9.59. The maximum absolute atomic E-state index is 10.8. The molecule has 0 aromatic heterocycles. The average molecular weight is 262 g/mol. The summed E-state index contributed by atoms with van der Waals surface area (Å²) >= 11 is -5.07. The van der Waals surface area contributed by atoms with E-state index in [1.807, 2.05) is 0 Å². The van der Waals surface area contributed by atoms with Crippen molar-refractivity contribution in [3.8, 4) is 0 Å². The number of hydrogen-bond acceptors (Lipinski definition) is 4. The Hall–Kier alpha value is -1.30.